The molecule has 0 atom stereocenters. The average Bonchev–Trinajstić information content (AvgIpc) is 2.37. The normalized spacial score (nSPS) is 10.4. The Morgan fingerprint density at radius 1 is 1.00 bits per heavy atom. The Bertz CT molecular complexity index is 570. The van der Waals surface area contributed by atoms with Crippen LogP contribution in [-0.2, 0) is 0 Å². The molecule has 0 aliphatic rings. The second kappa shape index (κ2) is 5.04. The number of halogens is 2. The van der Waals surface area contributed by atoms with Crippen LogP contribution in [0.15, 0.2) is 36.4 Å². The standard InChI is InChI=1S/C14H13F2NO/c1-2-18-12-8-7-10(13(15)14(12)16)9-5-3-4-6-11(9)17/h3-8H,2,17H2,1H3. The molecule has 2 aromatic rings. The summed E-state index contributed by atoms with van der Waals surface area (Å²) in [4.78, 5) is 0. The van der Waals surface area contributed by atoms with Crippen molar-refractivity contribution in [3.05, 3.63) is 48.0 Å². The molecule has 0 heterocycles. The van der Waals surface area contributed by atoms with Crippen LogP contribution in [0.2, 0.25) is 0 Å². The number of nitrogen functional groups attached to an aromatic ring is 1. The summed E-state index contributed by atoms with van der Waals surface area (Å²) >= 11 is 0. The largest absolute Gasteiger partial charge is 0.491 e. The molecule has 2 aromatic carbocycles. The van der Waals surface area contributed by atoms with Gasteiger partial charge in [0.05, 0.1) is 6.61 Å². The Morgan fingerprint density at radius 2 is 1.72 bits per heavy atom. The molecule has 2 nitrogen and oxygen atoms in total. The molecule has 0 saturated carbocycles. The number of nitrogens with two attached hydrogens (primary N) is 1. The Balaban J connectivity index is 2.54. The zero-order valence-electron chi connectivity index (χ0n) is 9.91. The minimum absolute atomic E-state index is 0.0896. The van der Waals surface area contributed by atoms with E-state index >= 15 is 0 Å². The van der Waals surface area contributed by atoms with Crippen molar-refractivity contribution in [3.63, 3.8) is 0 Å². The maximum Gasteiger partial charge on any atom is 0.201 e. The van der Waals surface area contributed by atoms with Crippen LogP contribution in [0, 0.1) is 11.6 Å². The van der Waals surface area contributed by atoms with Gasteiger partial charge in [0.15, 0.2) is 11.6 Å². The van der Waals surface area contributed by atoms with Gasteiger partial charge in [0.25, 0.3) is 0 Å². The average molecular weight is 249 g/mol. The molecule has 0 fully saturated rings. The number of benzene rings is 2. The van der Waals surface area contributed by atoms with Gasteiger partial charge in [0.2, 0.25) is 5.82 Å². The Kier molecular flexibility index (Phi) is 3.46. The van der Waals surface area contributed by atoms with Crippen LogP contribution < -0.4 is 10.5 Å². The molecule has 4 heteroatoms. The third-order valence-corrected chi connectivity index (χ3v) is 2.60. The van der Waals surface area contributed by atoms with E-state index in [2.05, 4.69) is 0 Å². The van der Waals surface area contributed by atoms with Crippen LogP contribution in [0.4, 0.5) is 14.5 Å². The summed E-state index contributed by atoms with van der Waals surface area (Å²) in [5.74, 6) is -2.02. The molecular weight excluding hydrogens is 236 g/mol. The van der Waals surface area contributed by atoms with Crippen molar-refractivity contribution in [3.8, 4) is 16.9 Å². The van der Waals surface area contributed by atoms with Gasteiger partial charge in [-0.3, -0.25) is 0 Å². The van der Waals surface area contributed by atoms with Crippen molar-refractivity contribution in [2.24, 2.45) is 0 Å². The minimum Gasteiger partial charge on any atom is -0.491 e. The lowest BCUT2D eigenvalue weighted by Gasteiger charge is -2.10. The summed E-state index contributed by atoms with van der Waals surface area (Å²) < 4.78 is 32.7. The van der Waals surface area contributed by atoms with Crippen molar-refractivity contribution in [2.45, 2.75) is 6.92 Å². The van der Waals surface area contributed by atoms with Crippen molar-refractivity contribution < 1.29 is 13.5 Å². The van der Waals surface area contributed by atoms with E-state index < -0.39 is 11.6 Å². The number of para-hydroxylation sites is 1. The molecule has 18 heavy (non-hydrogen) atoms. The van der Waals surface area contributed by atoms with Gasteiger partial charge in [-0.2, -0.15) is 4.39 Å². The van der Waals surface area contributed by atoms with Crippen molar-refractivity contribution in [1.29, 1.82) is 0 Å². The van der Waals surface area contributed by atoms with Gasteiger partial charge in [-0.05, 0) is 25.1 Å². The van der Waals surface area contributed by atoms with Crippen LogP contribution >= 0.6 is 0 Å². The van der Waals surface area contributed by atoms with E-state index in [0.29, 0.717) is 11.3 Å². The summed E-state index contributed by atoms with van der Waals surface area (Å²) in [5, 5.41) is 0. The molecule has 2 rings (SSSR count). The van der Waals surface area contributed by atoms with Gasteiger partial charge in [-0.15, -0.1) is 0 Å². The highest BCUT2D eigenvalue weighted by Gasteiger charge is 2.16. The van der Waals surface area contributed by atoms with E-state index in [9.17, 15) is 8.78 Å². The number of anilines is 1. The molecular formula is C14H13F2NO. The van der Waals surface area contributed by atoms with E-state index in [1.807, 2.05) is 0 Å². The maximum atomic E-state index is 13.9. The maximum absolute atomic E-state index is 13.9. The molecule has 0 radical (unpaired) electrons. The summed E-state index contributed by atoms with van der Waals surface area (Å²) in [7, 11) is 0. The second-order valence-corrected chi connectivity index (χ2v) is 3.76. The summed E-state index contributed by atoms with van der Waals surface area (Å²) in [5.41, 5.74) is 6.75. The topological polar surface area (TPSA) is 35.2 Å². The molecule has 2 N–H and O–H groups in total. The van der Waals surface area contributed by atoms with Crippen molar-refractivity contribution >= 4 is 5.69 Å². The Labute approximate surface area is 104 Å². The van der Waals surface area contributed by atoms with E-state index in [-0.39, 0.29) is 17.9 Å². The fourth-order valence-corrected chi connectivity index (χ4v) is 1.75. The van der Waals surface area contributed by atoms with Crippen LogP contribution in [0.3, 0.4) is 0 Å². The van der Waals surface area contributed by atoms with Gasteiger partial charge in [-0.25, -0.2) is 4.39 Å². The summed E-state index contributed by atoms with van der Waals surface area (Å²) in [6, 6.07) is 9.62. The Morgan fingerprint density at radius 3 is 2.39 bits per heavy atom. The first-order valence-corrected chi connectivity index (χ1v) is 5.60. The van der Waals surface area contributed by atoms with E-state index in [0.717, 1.165) is 0 Å². The highest BCUT2D eigenvalue weighted by atomic mass is 19.2. The third-order valence-electron chi connectivity index (χ3n) is 2.60. The molecule has 0 bridgehead atoms. The molecule has 0 saturated heterocycles. The fraction of sp³-hybridized carbons (Fsp3) is 0.143. The van der Waals surface area contributed by atoms with Crippen molar-refractivity contribution in [2.75, 3.05) is 12.3 Å². The third kappa shape index (κ3) is 2.14. The molecule has 0 unspecified atom stereocenters. The predicted octanol–water partition coefficient (Wildman–Crippen LogP) is 3.61. The lowest BCUT2D eigenvalue weighted by Crippen LogP contribution is -1.99. The monoisotopic (exact) mass is 249 g/mol. The second-order valence-electron chi connectivity index (χ2n) is 3.76. The van der Waals surface area contributed by atoms with E-state index in [1.54, 1.807) is 31.2 Å². The first kappa shape index (κ1) is 12.4. The van der Waals surface area contributed by atoms with Crippen LogP contribution in [0.1, 0.15) is 6.92 Å². The van der Waals surface area contributed by atoms with E-state index in [4.69, 9.17) is 10.5 Å². The minimum atomic E-state index is -0.988. The zero-order chi connectivity index (χ0) is 13.1. The SMILES string of the molecule is CCOc1ccc(-c2ccccc2N)c(F)c1F. The molecule has 0 spiro atoms. The zero-order valence-corrected chi connectivity index (χ0v) is 9.91. The molecule has 94 valence electrons. The van der Waals surface area contributed by atoms with Crippen LogP contribution in [0.25, 0.3) is 11.1 Å². The highest BCUT2D eigenvalue weighted by Crippen LogP contribution is 2.32. The quantitative estimate of drug-likeness (QED) is 0.843. The highest BCUT2D eigenvalue weighted by molar-refractivity contribution is 5.77. The first-order chi connectivity index (χ1) is 8.65. The summed E-state index contributed by atoms with van der Waals surface area (Å²) in [6.45, 7) is 1.99. The number of rotatable bonds is 3. The van der Waals surface area contributed by atoms with Gasteiger partial charge in [-0.1, -0.05) is 18.2 Å². The van der Waals surface area contributed by atoms with Gasteiger partial charge < -0.3 is 10.5 Å². The van der Waals surface area contributed by atoms with Crippen LogP contribution in [-0.4, -0.2) is 6.61 Å². The molecule has 0 aromatic heterocycles. The lowest BCUT2D eigenvalue weighted by molar-refractivity contribution is 0.314. The molecule has 0 aliphatic carbocycles. The van der Waals surface area contributed by atoms with Gasteiger partial charge in [0, 0.05) is 16.8 Å². The smallest absolute Gasteiger partial charge is 0.201 e. The fourth-order valence-electron chi connectivity index (χ4n) is 1.75. The van der Waals surface area contributed by atoms with Gasteiger partial charge >= 0.3 is 0 Å². The van der Waals surface area contributed by atoms with Crippen molar-refractivity contribution in [1.82, 2.24) is 0 Å². The predicted molar refractivity (Wildman–Crippen MR) is 67.4 cm³/mol. The molecule has 0 amide bonds. The number of hydrogen-bond acceptors (Lipinski definition) is 2. The molecule has 0 aliphatic heterocycles. The lowest BCUT2D eigenvalue weighted by atomic mass is 10.0. The Hall–Kier alpha value is -2.10. The van der Waals surface area contributed by atoms with E-state index in [1.165, 1.54) is 12.1 Å². The van der Waals surface area contributed by atoms with Crippen LogP contribution in [0.5, 0.6) is 5.75 Å². The number of ether oxygens (including phenoxy) is 1. The first-order valence-electron chi connectivity index (χ1n) is 5.60. The summed E-state index contributed by atoms with van der Waals surface area (Å²) in [6.07, 6.45) is 0. The number of hydrogen-bond donors (Lipinski definition) is 1. The van der Waals surface area contributed by atoms with Gasteiger partial charge in [0.1, 0.15) is 0 Å².